The summed E-state index contributed by atoms with van der Waals surface area (Å²) >= 11 is 0. The summed E-state index contributed by atoms with van der Waals surface area (Å²) in [6.07, 6.45) is 4.42. The van der Waals surface area contributed by atoms with E-state index in [0.29, 0.717) is 19.6 Å². The summed E-state index contributed by atoms with van der Waals surface area (Å²) in [7, 11) is -3.78. The molecular weight excluding hydrogens is 408 g/mol. The van der Waals surface area contributed by atoms with E-state index < -0.39 is 21.8 Å². The number of nitrogens with zero attached hydrogens (tertiary/aromatic N) is 3. The minimum Gasteiger partial charge on any atom is -0.342 e. The maximum absolute atomic E-state index is 13.0. The highest BCUT2D eigenvalue weighted by molar-refractivity contribution is 7.89. The molecule has 3 amide bonds. The van der Waals surface area contributed by atoms with Gasteiger partial charge in [0.1, 0.15) is 0 Å². The Morgan fingerprint density at radius 1 is 0.867 bits per heavy atom. The molecule has 3 aliphatic rings. The number of likely N-dealkylation sites (tertiary alicyclic amines) is 1. The van der Waals surface area contributed by atoms with Gasteiger partial charge in [-0.1, -0.05) is 12.8 Å². The lowest BCUT2D eigenvalue weighted by Crippen LogP contribution is -2.51. The zero-order valence-corrected chi connectivity index (χ0v) is 17.6. The van der Waals surface area contributed by atoms with Crippen molar-refractivity contribution < 1.29 is 22.8 Å². The van der Waals surface area contributed by atoms with Crippen LogP contribution in [0.15, 0.2) is 23.1 Å². The largest absolute Gasteiger partial charge is 0.342 e. The molecule has 0 spiro atoms. The third-order valence-corrected chi connectivity index (χ3v) is 7.89. The number of rotatable bonds is 4. The number of benzene rings is 1. The summed E-state index contributed by atoms with van der Waals surface area (Å²) in [5.41, 5.74) is 0.276. The third kappa shape index (κ3) is 4.12. The van der Waals surface area contributed by atoms with Crippen molar-refractivity contribution >= 4 is 27.7 Å². The second kappa shape index (κ2) is 8.44. The lowest BCUT2D eigenvalue weighted by molar-refractivity contribution is -0.132. The number of nitrogens with one attached hydrogen (secondary N) is 1. The molecule has 0 saturated carbocycles. The van der Waals surface area contributed by atoms with Crippen LogP contribution < -0.4 is 5.32 Å². The van der Waals surface area contributed by atoms with E-state index in [1.54, 1.807) is 0 Å². The molecule has 1 aromatic carbocycles. The van der Waals surface area contributed by atoms with Crippen molar-refractivity contribution in [3.05, 3.63) is 29.3 Å². The van der Waals surface area contributed by atoms with Gasteiger partial charge in [0.25, 0.3) is 11.8 Å². The number of piperazine rings is 1. The van der Waals surface area contributed by atoms with Crippen LogP contribution in [0.5, 0.6) is 0 Å². The van der Waals surface area contributed by atoms with Crippen LogP contribution in [-0.4, -0.2) is 86.1 Å². The number of hydrogen-bond acceptors (Lipinski definition) is 6. The summed E-state index contributed by atoms with van der Waals surface area (Å²) in [5, 5.41) is 2.17. The molecule has 0 atom stereocenters. The van der Waals surface area contributed by atoms with Crippen molar-refractivity contribution in [3.63, 3.8) is 0 Å². The first-order chi connectivity index (χ1) is 14.4. The summed E-state index contributed by atoms with van der Waals surface area (Å²) in [6.45, 7) is 3.43. The summed E-state index contributed by atoms with van der Waals surface area (Å²) < 4.78 is 27.4. The van der Waals surface area contributed by atoms with E-state index in [1.165, 1.54) is 35.3 Å². The quantitative estimate of drug-likeness (QED) is 0.682. The molecule has 1 N–H and O–H groups in total. The molecule has 2 saturated heterocycles. The Bertz CT molecular complexity index is 961. The van der Waals surface area contributed by atoms with Crippen LogP contribution in [-0.2, 0) is 14.8 Å². The number of fused-ring (bicyclic) bond motifs is 1. The Balaban J connectivity index is 1.38. The highest BCUT2D eigenvalue weighted by Crippen LogP contribution is 2.23. The van der Waals surface area contributed by atoms with E-state index >= 15 is 0 Å². The average Bonchev–Trinajstić information content (AvgIpc) is 2.92. The first-order valence-electron chi connectivity index (χ1n) is 10.4. The number of carbonyl (C=O) groups is 3. The van der Waals surface area contributed by atoms with Crippen molar-refractivity contribution in [3.8, 4) is 0 Å². The minimum atomic E-state index is -3.78. The highest BCUT2D eigenvalue weighted by Gasteiger charge is 2.33. The lowest BCUT2D eigenvalue weighted by Gasteiger charge is -2.34. The topological polar surface area (TPSA) is 107 Å². The van der Waals surface area contributed by atoms with E-state index in [0.717, 1.165) is 25.9 Å². The molecule has 0 aliphatic carbocycles. The fourth-order valence-corrected chi connectivity index (χ4v) is 5.64. The number of carbonyl (C=O) groups excluding carboxylic acids is 3. The van der Waals surface area contributed by atoms with Gasteiger partial charge in [-0.3, -0.25) is 24.6 Å². The minimum absolute atomic E-state index is 0.000179. The molecule has 10 heteroatoms. The van der Waals surface area contributed by atoms with Crippen LogP contribution >= 0.6 is 0 Å². The van der Waals surface area contributed by atoms with Gasteiger partial charge >= 0.3 is 0 Å². The zero-order chi connectivity index (χ0) is 21.3. The molecule has 2 fully saturated rings. The molecule has 162 valence electrons. The number of imide groups is 1. The van der Waals surface area contributed by atoms with Crippen LogP contribution in [0, 0.1) is 0 Å². The molecule has 0 unspecified atom stereocenters. The van der Waals surface area contributed by atoms with E-state index in [4.69, 9.17) is 0 Å². The fraction of sp³-hybridized carbons (Fsp3) is 0.550. The first-order valence-corrected chi connectivity index (χ1v) is 11.8. The molecule has 4 rings (SSSR count). The van der Waals surface area contributed by atoms with E-state index in [2.05, 4.69) is 5.32 Å². The third-order valence-electron chi connectivity index (χ3n) is 5.99. The molecule has 30 heavy (non-hydrogen) atoms. The predicted molar refractivity (Wildman–Crippen MR) is 108 cm³/mol. The zero-order valence-electron chi connectivity index (χ0n) is 16.8. The Hall–Kier alpha value is -2.30. The monoisotopic (exact) mass is 434 g/mol. The number of sulfonamides is 1. The number of hydrogen-bond donors (Lipinski definition) is 1. The van der Waals surface area contributed by atoms with E-state index in [1.807, 2.05) is 9.80 Å². The predicted octanol–water partition coefficient (Wildman–Crippen LogP) is 0.279. The molecular formula is C20H26N4O5S. The van der Waals surface area contributed by atoms with Crippen molar-refractivity contribution in [2.24, 2.45) is 0 Å². The molecule has 9 nitrogen and oxygen atoms in total. The summed E-state index contributed by atoms with van der Waals surface area (Å²) in [4.78, 5) is 40.0. The molecule has 0 aromatic heterocycles. The maximum Gasteiger partial charge on any atom is 0.258 e. The Morgan fingerprint density at radius 3 is 2.17 bits per heavy atom. The Kier molecular flexibility index (Phi) is 5.90. The summed E-state index contributed by atoms with van der Waals surface area (Å²) in [6, 6.07) is 4.00. The lowest BCUT2D eigenvalue weighted by atomic mass is 10.1. The van der Waals surface area contributed by atoms with Gasteiger partial charge in [0.15, 0.2) is 0 Å². The van der Waals surface area contributed by atoms with Gasteiger partial charge in [-0.25, -0.2) is 8.42 Å². The SMILES string of the molecule is O=C1NC(=O)c2cc(S(=O)(=O)N3CCN(CC(=O)N4CCCCCC4)CC3)ccc21. The molecule has 0 bridgehead atoms. The second-order valence-electron chi connectivity index (χ2n) is 7.97. The molecule has 3 aliphatic heterocycles. The van der Waals surface area contributed by atoms with Gasteiger partial charge < -0.3 is 4.90 Å². The second-order valence-corrected chi connectivity index (χ2v) is 9.90. The maximum atomic E-state index is 13.0. The normalized spacial score (nSPS) is 21.3. The van der Waals surface area contributed by atoms with Crippen LogP contribution in [0.2, 0.25) is 0 Å². The van der Waals surface area contributed by atoms with Crippen molar-refractivity contribution in [1.29, 1.82) is 0 Å². The average molecular weight is 435 g/mol. The Labute approximate surface area is 176 Å². The van der Waals surface area contributed by atoms with Gasteiger partial charge in [-0.15, -0.1) is 0 Å². The molecule has 3 heterocycles. The van der Waals surface area contributed by atoms with Crippen molar-refractivity contribution in [2.75, 3.05) is 45.8 Å². The van der Waals surface area contributed by atoms with Crippen LogP contribution in [0.25, 0.3) is 0 Å². The molecule has 1 aromatic rings. The van der Waals surface area contributed by atoms with E-state index in [-0.39, 0.29) is 35.0 Å². The van der Waals surface area contributed by atoms with Gasteiger partial charge in [-0.05, 0) is 31.0 Å². The van der Waals surface area contributed by atoms with Gasteiger partial charge in [0.2, 0.25) is 15.9 Å². The van der Waals surface area contributed by atoms with Crippen LogP contribution in [0.3, 0.4) is 0 Å². The smallest absolute Gasteiger partial charge is 0.258 e. The first kappa shape index (κ1) is 21.0. The standard InChI is InChI=1S/C20H26N4O5S/c25-18(23-7-3-1-2-4-8-23)14-22-9-11-24(12-10-22)30(28,29)15-5-6-16-17(13-15)20(27)21-19(16)26/h5-6,13H,1-4,7-12,14H2,(H,21,26,27). The van der Waals surface area contributed by atoms with Crippen molar-refractivity contribution in [1.82, 2.24) is 19.4 Å². The Morgan fingerprint density at radius 2 is 1.50 bits per heavy atom. The highest BCUT2D eigenvalue weighted by atomic mass is 32.2. The van der Waals surface area contributed by atoms with Gasteiger partial charge in [0.05, 0.1) is 22.6 Å². The van der Waals surface area contributed by atoms with Crippen LogP contribution in [0.1, 0.15) is 46.4 Å². The fourth-order valence-electron chi connectivity index (χ4n) is 4.20. The van der Waals surface area contributed by atoms with Crippen LogP contribution in [0.4, 0.5) is 0 Å². The van der Waals surface area contributed by atoms with Gasteiger partial charge in [0, 0.05) is 39.3 Å². The molecule has 0 radical (unpaired) electrons. The number of amides is 3. The van der Waals surface area contributed by atoms with Crippen molar-refractivity contribution in [2.45, 2.75) is 30.6 Å². The summed E-state index contributed by atoms with van der Waals surface area (Å²) in [5.74, 6) is -0.979. The van der Waals surface area contributed by atoms with E-state index in [9.17, 15) is 22.8 Å². The van der Waals surface area contributed by atoms with Gasteiger partial charge in [-0.2, -0.15) is 4.31 Å².